The van der Waals surface area contributed by atoms with Gasteiger partial charge in [-0.25, -0.2) is 9.59 Å². The van der Waals surface area contributed by atoms with Crippen molar-refractivity contribution in [1.82, 2.24) is 15.5 Å². The van der Waals surface area contributed by atoms with Crippen LogP contribution in [0.25, 0.3) is 0 Å². The fourth-order valence-electron chi connectivity index (χ4n) is 6.84. The van der Waals surface area contributed by atoms with Gasteiger partial charge in [-0.1, -0.05) is 52.0 Å². The van der Waals surface area contributed by atoms with Crippen LogP contribution in [0.15, 0.2) is 24.3 Å². The van der Waals surface area contributed by atoms with Gasteiger partial charge in [0, 0.05) is 6.54 Å². The summed E-state index contributed by atoms with van der Waals surface area (Å²) in [5.41, 5.74) is 1.33. The Morgan fingerprint density at radius 1 is 1.02 bits per heavy atom. The molecule has 5 atom stereocenters. The number of alkyl carbamates (subject to hydrolysis) is 1. The number of ketones is 1. The number of hydrogen-bond donors (Lipinski definition) is 2. The number of benzene rings is 1. The van der Waals surface area contributed by atoms with Crippen LogP contribution < -0.4 is 10.6 Å². The number of nitrogens with one attached hydrogen (secondary N) is 2. The number of carbonyl (C=O) groups excluding carboxylic acids is 5. The van der Waals surface area contributed by atoms with Crippen LogP contribution in [0.1, 0.15) is 66.0 Å². The Labute approximate surface area is 248 Å². The van der Waals surface area contributed by atoms with Gasteiger partial charge >= 0.3 is 12.1 Å². The van der Waals surface area contributed by atoms with Crippen LogP contribution in [0.5, 0.6) is 0 Å². The topological polar surface area (TPSA) is 131 Å². The lowest BCUT2D eigenvalue weighted by atomic mass is 9.93. The molecular weight excluding hydrogens is 538 g/mol. The zero-order chi connectivity index (χ0) is 31.1. The predicted molar refractivity (Wildman–Crippen MR) is 155 cm³/mol. The lowest BCUT2D eigenvalue weighted by Gasteiger charge is -2.35. The van der Waals surface area contributed by atoms with Gasteiger partial charge in [0.15, 0.2) is 0 Å². The third-order valence-corrected chi connectivity index (χ3v) is 8.98. The van der Waals surface area contributed by atoms with Gasteiger partial charge < -0.3 is 25.0 Å². The zero-order valence-electron chi connectivity index (χ0n) is 26.0. The third kappa shape index (κ3) is 6.47. The molecule has 3 aliphatic rings. The highest BCUT2D eigenvalue weighted by atomic mass is 16.6. The Morgan fingerprint density at radius 3 is 2.14 bits per heavy atom. The van der Waals surface area contributed by atoms with Gasteiger partial charge in [-0.05, 0) is 80.2 Å². The summed E-state index contributed by atoms with van der Waals surface area (Å²) in [6.07, 6.45) is 0.773. The van der Waals surface area contributed by atoms with Crippen LogP contribution in [-0.2, 0) is 41.5 Å². The average Bonchev–Trinajstić information content (AvgIpc) is 3.27. The second-order valence-electron chi connectivity index (χ2n) is 14.0. The molecule has 0 radical (unpaired) electrons. The lowest BCUT2D eigenvalue weighted by Crippen LogP contribution is -2.59. The summed E-state index contributed by atoms with van der Waals surface area (Å²) in [7, 11) is 1.13. The normalized spacial score (nSPS) is 23.8. The Bertz CT molecular complexity index is 1230. The zero-order valence-corrected chi connectivity index (χ0v) is 26.0. The summed E-state index contributed by atoms with van der Waals surface area (Å²) in [5, 5.41) is 5.63. The summed E-state index contributed by atoms with van der Waals surface area (Å²) < 4.78 is 10.2. The van der Waals surface area contributed by atoms with Gasteiger partial charge in [0.25, 0.3) is 5.78 Å². The van der Waals surface area contributed by atoms with Gasteiger partial charge in [-0.15, -0.1) is 0 Å². The molecule has 1 heterocycles. The number of nitrogens with zero attached hydrogens (tertiary/aromatic N) is 1. The molecule has 1 unspecified atom stereocenters. The maximum Gasteiger partial charge on any atom is 0.408 e. The van der Waals surface area contributed by atoms with E-state index in [0.717, 1.165) is 18.2 Å². The third-order valence-electron chi connectivity index (χ3n) is 8.98. The van der Waals surface area contributed by atoms with E-state index in [1.54, 1.807) is 25.7 Å². The molecule has 3 amide bonds. The summed E-state index contributed by atoms with van der Waals surface area (Å²) in [6, 6.07) is 5.15. The van der Waals surface area contributed by atoms with Crippen LogP contribution in [0, 0.1) is 29.1 Å². The Hall–Kier alpha value is -3.43. The molecule has 1 saturated heterocycles. The molecule has 0 spiro atoms. The predicted octanol–water partition coefficient (Wildman–Crippen LogP) is 3.05. The molecule has 230 valence electrons. The van der Waals surface area contributed by atoms with Crippen molar-refractivity contribution in [3.63, 3.8) is 0 Å². The fourth-order valence-corrected chi connectivity index (χ4v) is 6.84. The second kappa shape index (κ2) is 11.7. The van der Waals surface area contributed by atoms with Crippen molar-refractivity contribution in [3.05, 3.63) is 35.4 Å². The molecule has 42 heavy (non-hydrogen) atoms. The van der Waals surface area contributed by atoms with Gasteiger partial charge in [-0.3, -0.25) is 14.4 Å². The molecule has 10 nitrogen and oxygen atoms in total. The first kappa shape index (κ1) is 31.5. The highest BCUT2D eigenvalue weighted by Gasteiger charge is 2.69. The SMILES string of the molecule is COC(=O)C(=O)C(CC(C)C)NC(=O)[C@@H]1[C@H]2[C@@H](CN1C(=O)[C@@H](NC(=O)OC(C)(C)C)C1Cc3ccccc3C1)C2(C)C. The quantitative estimate of drug-likeness (QED) is 0.338. The van der Waals surface area contributed by atoms with Gasteiger partial charge in [0.2, 0.25) is 11.8 Å². The number of likely N-dealkylation sites (tertiary alicyclic amines) is 1. The number of esters is 1. The number of hydrogen-bond acceptors (Lipinski definition) is 7. The standard InChI is InChI=1S/C32H45N3O7/c1-17(2)13-22(26(36)29(39)41-8)33-27(37)25-23-21(32(23,6)7)16-35(25)28(38)24(34-30(40)42-31(3,4)5)20-14-18-11-9-10-12-19(18)15-20/h9-12,17,20-25H,13-16H2,1-8H3,(H,33,37)(H,34,40)/t21-,22?,23-,24+,25+/m1/s1. The second-order valence-corrected chi connectivity index (χ2v) is 14.0. The van der Waals surface area contributed by atoms with E-state index >= 15 is 0 Å². The summed E-state index contributed by atoms with van der Waals surface area (Å²) in [4.78, 5) is 67.7. The van der Waals surface area contributed by atoms with Crippen molar-refractivity contribution in [2.24, 2.45) is 29.1 Å². The van der Waals surface area contributed by atoms with Crippen LogP contribution in [0.2, 0.25) is 0 Å². The summed E-state index contributed by atoms with van der Waals surface area (Å²) in [6.45, 7) is 13.6. The number of piperidine rings is 1. The van der Waals surface area contributed by atoms with E-state index in [1.165, 1.54) is 0 Å². The first-order chi connectivity index (χ1) is 19.5. The molecule has 1 aromatic rings. The maximum absolute atomic E-state index is 14.4. The van der Waals surface area contributed by atoms with E-state index in [4.69, 9.17) is 4.74 Å². The molecule has 1 saturated carbocycles. The fraction of sp³-hybridized carbons (Fsp3) is 0.656. The first-order valence-electron chi connectivity index (χ1n) is 14.8. The van der Waals surface area contributed by atoms with Crippen LogP contribution in [-0.4, -0.2) is 71.9 Å². The van der Waals surface area contributed by atoms with Crippen molar-refractivity contribution in [3.8, 4) is 0 Å². The van der Waals surface area contributed by atoms with E-state index in [-0.39, 0.29) is 41.4 Å². The molecule has 1 aromatic carbocycles. The average molecular weight is 584 g/mol. The summed E-state index contributed by atoms with van der Waals surface area (Å²) >= 11 is 0. The van der Waals surface area contributed by atoms with E-state index < -0.39 is 47.5 Å². The monoisotopic (exact) mass is 583 g/mol. The van der Waals surface area contributed by atoms with Gasteiger partial charge in [0.05, 0.1) is 13.2 Å². The van der Waals surface area contributed by atoms with Crippen molar-refractivity contribution in [1.29, 1.82) is 0 Å². The number of Topliss-reactive ketones (excluding diaryl/α,β-unsaturated/α-hetero) is 1. The molecule has 0 bridgehead atoms. The minimum Gasteiger partial charge on any atom is -0.463 e. The Balaban J connectivity index is 1.61. The van der Waals surface area contributed by atoms with Crippen molar-refractivity contribution in [2.45, 2.75) is 91.5 Å². The van der Waals surface area contributed by atoms with E-state index in [2.05, 4.69) is 29.2 Å². The molecule has 2 fully saturated rings. The minimum absolute atomic E-state index is 0.0155. The number of amides is 3. The van der Waals surface area contributed by atoms with Crippen LogP contribution >= 0.6 is 0 Å². The first-order valence-corrected chi connectivity index (χ1v) is 14.8. The largest absolute Gasteiger partial charge is 0.463 e. The number of methoxy groups -OCH3 is 1. The maximum atomic E-state index is 14.4. The van der Waals surface area contributed by atoms with E-state index in [1.807, 2.05) is 38.1 Å². The number of fused-ring (bicyclic) bond motifs is 2. The van der Waals surface area contributed by atoms with Gasteiger partial charge in [0.1, 0.15) is 17.7 Å². The lowest BCUT2D eigenvalue weighted by molar-refractivity contribution is -0.153. The number of carbonyl (C=O) groups is 5. The van der Waals surface area contributed by atoms with Gasteiger partial charge in [-0.2, -0.15) is 0 Å². The number of rotatable bonds is 9. The highest BCUT2D eigenvalue weighted by molar-refractivity contribution is 6.36. The van der Waals surface area contributed by atoms with Crippen LogP contribution in [0.4, 0.5) is 4.79 Å². The van der Waals surface area contributed by atoms with Crippen LogP contribution in [0.3, 0.4) is 0 Å². The van der Waals surface area contributed by atoms with Crippen molar-refractivity contribution < 1.29 is 33.4 Å². The van der Waals surface area contributed by atoms with Crippen molar-refractivity contribution in [2.75, 3.05) is 13.7 Å². The molecule has 10 heteroatoms. The molecule has 2 aliphatic carbocycles. The molecular formula is C32H45N3O7. The molecule has 4 rings (SSSR count). The van der Waals surface area contributed by atoms with E-state index in [0.29, 0.717) is 19.4 Å². The molecule has 0 aromatic heterocycles. The smallest absolute Gasteiger partial charge is 0.408 e. The molecule has 1 aliphatic heterocycles. The summed E-state index contributed by atoms with van der Waals surface area (Å²) in [5.74, 6) is -2.89. The number of ether oxygens (including phenoxy) is 2. The Morgan fingerprint density at radius 2 is 1.62 bits per heavy atom. The minimum atomic E-state index is -1.07. The van der Waals surface area contributed by atoms with E-state index in [9.17, 15) is 24.0 Å². The Kier molecular flexibility index (Phi) is 8.77. The van der Waals surface area contributed by atoms with Crippen molar-refractivity contribution >= 4 is 29.7 Å². The highest BCUT2D eigenvalue weighted by Crippen LogP contribution is 2.65. The molecule has 2 N–H and O–H groups in total.